The summed E-state index contributed by atoms with van der Waals surface area (Å²) in [6.45, 7) is 4.67. The monoisotopic (exact) mass is 266 g/mol. The van der Waals surface area contributed by atoms with Crippen molar-refractivity contribution in [3.63, 3.8) is 0 Å². The molecule has 0 saturated carbocycles. The van der Waals surface area contributed by atoms with E-state index in [9.17, 15) is 0 Å². The highest BCUT2D eigenvalue weighted by Gasteiger charge is 2.12. The topological polar surface area (TPSA) is 45.0 Å². The molecule has 0 aliphatic rings. The maximum absolute atomic E-state index is 9.13. The van der Waals surface area contributed by atoms with Gasteiger partial charge in [0.2, 0.25) is 0 Å². The van der Waals surface area contributed by atoms with Crippen LogP contribution in [-0.4, -0.2) is 6.61 Å². The van der Waals surface area contributed by atoms with E-state index in [0.717, 1.165) is 17.0 Å². The maximum atomic E-state index is 9.13. The third-order valence-corrected chi connectivity index (χ3v) is 3.10. The Morgan fingerprint density at radius 3 is 2.60 bits per heavy atom. The molecule has 3 nitrogen and oxygen atoms in total. The van der Waals surface area contributed by atoms with Gasteiger partial charge in [-0.1, -0.05) is 30.3 Å². The van der Waals surface area contributed by atoms with Gasteiger partial charge in [-0.2, -0.15) is 5.26 Å². The lowest BCUT2D eigenvalue weighted by molar-refractivity contribution is 0.335. The van der Waals surface area contributed by atoms with Gasteiger partial charge in [-0.15, -0.1) is 0 Å². The van der Waals surface area contributed by atoms with E-state index in [4.69, 9.17) is 10.00 Å². The van der Waals surface area contributed by atoms with Crippen molar-refractivity contribution in [1.29, 1.82) is 5.26 Å². The minimum Gasteiger partial charge on any atom is -0.494 e. The predicted octanol–water partition coefficient (Wildman–Crippen LogP) is 4.13. The Bertz CT molecular complexity index is 616. The van der Waals surface area contributed by atoms with E-state index in [-0.39, 0.29) is 6.04 Å². The van der Waals surface area contributed by atoms with Gasteiger partial charge < -0.3 is 10.1 Å². The average molecular weight is 266 g/mol. The number of para-hydroxylation sites is 2. The highest BCUT2D eigenvalue weighted by molar-refractivity contribution is 5.58. The largest absolute Gasteiger partial charge is 0.494 e. The third-order valence-electron chi connectivity index (χ3n) is 3.10. The van der Waals surface area contributed by atoms with Crippen molar-refractivity contribution in [2.75, 3.05) is 11.9 Å². The highest BCUT2D eigenvalue weighted by atomic mass is 16.5. The smallest absolute Gasteiger partial charge is 0.124 e. The van der Waals surface area contributed by atoms with Crippen molar-refractivity contribution in [3.8, 4) is 11.8 Å². The molecule has 0 spiro atoms. The van der Waals surface area contributed by atoms with E-state index >= 15 is 0 Å². The summed E-state index contributed by atoms with van der Waals surface area (Å²) in [5.41, 5.74) is 2.57. The van der Waals surface area contributed by atoms with Crippen molar-refractivity contribution < 1.29 is 4.74 Å². The molecule has 0 saturated heterocycles. The van der Waals surface area contributed by atoms with Gasteiger partial charge in [0.15, 0.2) is 0 Å². The van der Waals surface area contributed by atoms with Gasteiger partial charge in [0, 0.05) is 5.56 Å². The number of nitrogens with one attached hydrogen (secondary N) is 1. The van der Waals surface area contributed by atoms with Crippen LogP contribution in [0.15, 0.2) is 48.5 Å². The Kier molecular flexibility index (Phi) is 4.62. The van der Waals surface area contributed by atoms with E-state index in [1.165, 1.54) is 0 Å². The van der Waals surface area contributed by atoms with Crippen LogP contribution >= 0.6 is 0 Å². The molecule has 102 valence electrons. The Morgan fingerprint density at radius 1 is 1.15 bits per heavy atom. The first-order valence-electron chi connectivity index (χ1n) is 6.73. The molecule has 0 aliphatic heterocycles. The quantitative estimate of drug-likeness (QED) is 0.885. The second-order valence-electron chi connectivity index (χ2n) is 4.49. The molecule has 0 aromatic heterocycles. The lowest BCUT2D eigenvalue weighted by atomic mass is 10.1. The van der Waals surface area contributed by atoms with E-state index in [1.807, 2.05) is 55.5 Å². The Labute approximate surface area is 119 Å². The van der Waals surface area contributed by atoms with Gasteiger partial charge in [0.05, 0.1) is 23.9 Å². The summed E-state index contributed by atoms with van der Waals surface area (Å²) in [5.74, 6) is 0.879. The van der Waals surface area contributed by atoms with Crippen LogP contribution in [0.4, 0.5) is 5.69 Å². The number of anilines is 1. The first-order chi connectivity index (χ1) is 9.76. The molecule has 0 amide bonds. The van der Waals surface area contributed by atoms with E-state index in [2.05, 4.69) is 18.3 Å². The number of hydrogen-bond donors (Lipinski definition) is 1. The summed E-state index contributed by atoms with van der Waals surface area (Å²) < 4.78 is 5.65. The number of benzene rings is 2. The van der Waals surface area contributed by atoms with Crippen LogP contribution in [0.25, 0.3) is 0 Å². The fourth-order valence-electron chi connectivity index (χ4n) is 2.14. The summed E-state index contributed by atoms with van der Waals surface area (Å²) in [5, 5.41) is 12.5. The SMILES string of the molecule is CCOc1ccccc1C(C)Nc1ccccc1C#N. The second-order valence-corrected chi connectivity index (χ2v) is 4.49. The molecule has 2 aromatic rings. The summed E-state index contributed by atoms with van der Waals surface area (Å²) in [6.07, 6.45) is 0. The third kappa shape index (κ3) is 3.10. The normalized spacial score (nSPS) is 11.4. The van der Waals surface area contributed by atoms with Gasteiger partial charge in [-0.25, -0.2) is 0 Å². The number of rotatable bonds is 5. The Hall–Kier alpha value is -2.47. The molecule has 0 bridgehead atoms. The average Bonchev–Trinajstić information content (AvgIpc) is 2.48. The fourth-order valence-corrected chi connectivity index (χ4v) is 2.14. The molecule has 0 aliphatic carbocycles. The summed E-state index contributed by atoms with van der Waals surface area (Å²) in [4.78, 5) is 0. The molecule has 1 unspecified atom stereocenters. The van der Waals surface area contributed by atoms with Crippen molar-refractivity contribution in [2.45, 2.75) is 19.9 Å². The molecule has 1 N–H and O–H groups in total. The minimum absolute atomic E-state index is 0.0623. The van der Waals surface area contributed by atoms with E-state index in [1.54, 1.807) is 0 Å². The van der Waals surface area contributed by atoms with Gasteiger partial charge in [-0.05, 0) is 32.0 Å². The van der Waals surface area contributed by atoms with Crippen molar-refractivity contribution in [1.82, 2.24) is 0 Å². The van der Waals surface area contributed by atoms with Crippen LogP contribution in [0.5, 0.6) is 5.75 Å². The molecular weight excluding hydrogens is 248 g/mol. The van der Waals surface area contributed by atoms with Gasteiger partial charge in [0.25, 0.3) is 0 Å². The van der Waals surface area contributed by atoms with E-state index in [0.29, 0.717) is 12.2 Å². The standard InChI is InChI=1S/C17H18N2O/c1-3-20-17-11-7-5-9-15(17)13(2)19-16-10-6-4-8-14(16)12-18/h4-11,13,19H,3H2,1-2H3. The number of nitriles is 1. The van der Waals surface area contributed by atoms with Crippen LogP contribution < -0.4 is 10.1 Å². The van der Waals surface area contributed by atoms with Gasteiger partial charge in [-0.3, -0.25) is 0 Å². The molecule has 0 fully saturated rings. The van der Waals surface area contributed by atoms with Crippen LogP contribution in [-0.2, 0) is 0 Å². The van der Waals surface area contributed by atoms with E-state index < -0.39 is 0 Å². The zero-order valence-electron chi connectivity index (χ0n) is 11.8. The van der Waals surface area contributed by atoms with Crippen LogP contribution in [0.3, 0.4) is 0 Å². The minimum atomic E-state index is 0.0623. The molecule has 2 rings (SSSR count). The highest BCUT2D eigenvalue weighted by Crippen LogP contribution is 2.28. The molecule has 2 aromatic carbocycles. The first-order valence-corrected chi connectivity index (χ1v) is 6.73. The van der Waals surface area contributed by atoms with Crippen molar-refractivity contribution >= 4 is 5.69 Å². The number of ether oxygens (including phenoxy) is 1. The van der Waals surface area contributed by atoms with Crippen LogP contribution in [0.2, 0.25) is 0 Å². The molecule has 20 heavy (non-hydrogen) atoms. The van der Waals surface area contributed by atoms with Gasteiger partial charge in [0.1, 0.15) is 11.8 Å². The van der Waals surface area contributed by atoms with Crippen molar-refractivity contribution in [2.24, 2.45) is 0 Å². The summed E-state index contributed by atoms with van der Waals surface area (Å²) >= 11 is 0. The summed E-state index contributed by atoms with van der Waals surface area (Å²) in [7, 11) is 0. The molecule has 3 heteroatoms. The molecular formula is C17H18N2O. The lowest BCUT2D eigenvalue weighted by Gasteiger charge is -2.19. The Morgan fingerprint density at radius 2 is 1.85 bits per heavy atom. The van der Waals surface area contributed by atoms with Gasteiger partial charge >= 0.3 is 0 Å². The van der Waals surface area contributed by atoms with Crippen molar-refractivity contribution in [3.05, 3.63) is 59.7 Å². The maximum Gasteiger partial charge on any atom is 0.124 e. The summed E-state index contributed by atoms with van der Waals surface area (Å²) in [6, 6.07) is 17.7. The number of nitrogens with zero attached hydrogens (tertiary/aromatic N) is 1. The molecule has 0 radical (unpaired) electrons. The lowest BCUT2D eigenvalue weighted by Crippen LogP contribution is -2.09. The molecule has 1 atom stereocenters. The van der Waals surface area contributed by atoms with Crippen LogP contribution in [0, 0.1) is 11.3 Å². The molecule has 0 heterocycles. The fraction of sp³-hybridized carbons (Fsp3) is 0.235. The van der Waals surface area contributed by atoms with Crippen LogP contribution in [0.1, 0.15) is 31.0 Å². The Balaban J connectivity index is 2.24. The predicted molar refractivity (Wildman–Crippen MR) is 80.8 cm³/mol. The zero-order valence-corrected chi connectivity index (χ0v) is 11.8. The zero-order chi connectivity index (χ0) is 14.4. The second kappa shape index (κ2) is 6.63. The number of hydrogen-bond acceptors (Lipinski definition) is 3. The first kappa shape index (κ1) is 14.0.